The number of likely N-dealkylation sites (tertiary alicyclic amines) is 1. The zero-order valence-electron chi connectivity index (χ0n) is 10.9. The first-order chi connectivity index (χ1) is 8.25. The van der Waals surface area contributed by atoms with Crippen LogP contribution in [0.15, 0.2) is 18.5 Å². The lowest BCUT2D eigenvalue weighted by Crippen LogP contribution is -2.37. The highest BCUT2D eigenvalue weighted by Crippen LogP contribution is 2.14. The number of hydrogen-bond acceptors (Lipinski definition) is 3. The van der Waals surface area contributed by atoms with E-state index in [2.05, 4.69) is 35.2 Å². The van der Waals surface area contributed by atoms with Crippen LogP contribution in [0.25, 0.3) is 0 Å². The molecule has 94 valence electrons. The van der Waals surface area contributed by atoms with E-state index in [4.69, 9.17) is 0 Å². The van der Waals surface area contributed by atoms with Gasteiger partial charge >= 0.3 is 0 Å². The maximum Gasteiger partial charge on any atom is 0.0315 e. The Morgan fingerprint density at radius 2 is 2.41 bits per heavy atom. The molecule has 1 aliphatic rings. The molecule has 1 atom stereocenters. The summed E-state index contributed by atoms with van der Waals surface area (Å²) in [7, 11) is 2.22. The summed E-state index contributed by atoms with van der Waals surface area (Å²) in [6, 6.07) is 2.07. The summed E-state index contributed by atoms with van der Waals surface area (Å²) in [5.41, 5.74) is 2.64. The fraction of sp³-hybridized carbons (Fsp3) is 0.643. The highest BCUT2D eigenvalue weighted by atomic mass is 15.1. The summed E-state index contributed by atoms with van der Waals surface area (Å²) in [5, 5.41) is 3.57. The molecule has 0 radical (unpaired) electrons. The third kappa shape index (κ3) is 3.79. The number of nitrogens with one attached hydrogen (secondary N) is 1. The van der Waals surface area contributed by atoms with Crippen molar-refractivity contribution in [3.63, 3.8) is 0 Å². The summed E-state index contributed by atoms with van der Waals surface area (Å²) >= 11 is 0. The van der Waals surface area contributed by atoms with Crippen LogP contribution in [0.5, 0.6) is 0 Å². The number of aryl methyl sites for hydroxylation is 1. The van der Waals surface area contributed by atoms with Crippen LogP contribution < -0.4 is 5.32 Å². The van der Waals surface area contributed by atoms with Crippen LogP contribution in [0, 0.1) is 12.8 Å². The van der Waals surface area contributed by atoms with Gasteiger partial charge in [-0.3, -0.25) is 4.98 Å². The van der Waals surface area contributed by atoms with Gasteiger partial charge in [0.05, 0.1) is 0 Å². The van der Waals surface area contributed by atoms with Crippen molar-refractivity contribution in [1.82, 2.24) is 15.2 Å². The second-order valence-electron chi connectivity index (χ2n) is 5.20. The zero-order chi connectivity index (χ0) is 12.1. The average molecular weight is 233 g/mol. The number of hydrogen-bond donors (Lipinski definition) is 1. The predicted octanol–water partition coefficient (Wildman–Crippen LogP) is 1.82. The van der Waals surface area contributed by atoms with E-state index >= 15 is 0 Å². The molecule has 1 saturated heterocycles. The Hall–Kier alpha value is -0.930. The Morgan fingerprint density at radius 3 is 3.18 bits per heavy atom. The van der Waals surface area contributed by atoms with E-state index in [1.807, 2.05) is 12.4 Å². The van der Waals surface area contributed by atoms with Crippen molar-refractivity contribution in [3.8, 4) is 0 Å². The quantitative estimate of drug-likeness (QED) is 0.860. The van der Waals surface area contributed by atoms with Gasteiger partial charge in [-0.25, -0.2) is 0 Å². The Labute approximate surface area is 104 Å². The number of nitrogens with zero attached hydrogens (tertiary/aromatic N) is 2. The molecule has 3 heteroatoms. The molecule has 0 aromatic carbocycles. The molecular formula is C14H23N3. The van der Waals surface area contributed by atoms with Crippen molar-refractivity contribution in [2.24, 2.45) is 5.92 Å². The summed E-state index contributed by atoms with van der Waals surface area (Å²) in [6.45, 7) is 6.71. The Bertz CT molecular complexity index is 351. The molecule has 1 aliphatic heterocycles. The molecule has 2 heterocycles. The monoisotopic (exact) mass is 233 g/mol. The molecule has 0 amide bonds. The number of rotatable bonds is 4. The first-order valence-corrected chi connectivity index (χ1v) is 6.54. The van der Waals surface area contributed by atoms with Crippen LogP contribution in [0.3, 0.4) is 0 Å². The van der Waals surface area contributed by atoms with Gasteiger partial charge in [0.1, 0.15) is 0 Å². The molecule has 2 rings (SSSR count). The standard InChI is InChI=1S/C14H23N3/c1-12-5-6-15-9-14(12)10-16-8-13-4-3-7-17(2)11-13/h5-6,9,13,16H,3-4,7-8,10-11H2,1-2H3. The molecule has 0 saturated carbocycles. The molecule has 1 aromatic heterocycles. The number of piperidine rings is 1. The average Bonchev–Trinajstić information content (AvgIpc) is 2.32. The highest BCUT2D eigenvalue weighted by molar-refractivity contribution is 5.20. The van der Waals surface area contributed by atoms with Gasteiger partial charge in [0.15, 0.2) is 0 Å². The van der Waals surface area contributed by atoms with Gasteiger partial charge in [-0.15, -0.1) is 0 Å². The van der Waals surface area contributed by atoms with E-state index in [9.17, 15) is 0 Å². The SMILES string of the molecule is Cc1ccncc1CNCC1CCCN(C)C1. The first kappa shape index (κ1) is 12.5. The van der Waals surface area contributed by atoms with Crippen LogP contribution in [0.1, 0.15) is 24.0 Å². The smallest absolute Gasteiger partial charge is 0.0315 e. The van der Waals surface area contributed by atoms with E-state index in [0.29, 0.717) is 0 Å². The van der Waals surface area contributed by atoms with E-state index in [-0.39, 0.29) is 0 Å². The van der Waals surface area contributed by atoms with Crippen molar-refractivity contribution in [2.75, 3.05) is 26.7 Å². The molecule has 1 fully saturated rings. The zero-order valence-corrected chi connectivity index (χ0v) is 10.9. The van der Waals surface area contributed by atoms with E-state index in [1.165, 1.54) is 37.1 Å². The molecule has 1 unspecified atom stereocenters. The summed E-state index contributed by atoms with van der Waals surface area (Å²) in [6.07, 6.45) is 6.53. The minimum Gasteiger partial charge on any atom is -0.312 e. The van der Waals surface area contributed by atoms with Crippen molar-refractivity contribution in [3.05, 3.63) is 29.6 Å². The van der Waals surface area contributed by atoms with Gasteiger partial charge in [0.25, 0.3) is 0 Å². The van der Waals surface area contributed by atoms with Gasteiger partial charge in [-0.1, -0.05) is 0 Å². The van der Waals surface area contributed by atoms with Crippen molar-refractivity contribution in [1.29, 1.82) is 0 Å². The summed E-state index contributed by atoms with van der Waals surface area (Å²) < 4.78 is 0. The van der Waals surface area contributed by atoms with Gasteiger partial charge in [0.2, 0.25) is 0 Å². The molecule has 0 aliphatic carbocycles. The minimum atomic E-state index is 0.811. The second kappa shape index (κ2) is 6.12. The third-order valence-electron chi connectivity index (χ3n) is 3.62. The van der Waals surface area contributed by atoms with E-state index < -0.39 is 0 Å². The van der Waals surface area contributed by atoms with Crippen LogP contribution in [-0.4, -0.2) is 36.6 Å². The van der Waals surface area contributed by atoms with Crippen molar-refractivity contribution in [2.45, 2.75) is 26.3 Å². The summed E-state index contributed by atoms with van der Waals surface area (Å²) in [5.74, 6) is 0.811. The number of pyridine rings is 1. The third-order valence-corrected chi connectivity index (χ3v) is 3.62. The Morgan fingerprint density at radius 1 is 1.53 bits per heavy atom. The molecular weight excluding hydrogens is 210 g/mol. The van der Waals surface area contributed by atoms with Gasteiger partial charge in [-0.2, -0.15) is 0 Å². The molecule has 0 spiro atoms. The maximum atomic E-state index is 4.17. The number of aromatic nitrogens is 1. The molecule has 0 bridgehead atoms. The van der Waals surface area contributed by atoms with E-state index in [0.717, 1.165) is 19.0 Å². The summed E-state index contributed by atoms with van der Waals surface area (Å²) in [4.78, 5) is 6.61. The van der Waals surface area contributed by atoms with Gasteiger partial charge in [-0.05, 0) is 63.0 Å². The molecule has 1 N–H and O–H groups in total. The lowest BCUT2D eigenvalue weighted by Gasteiger charge is -2.29. The van der Waals surface area contributed by atoms with Crippen LogP contribution in [0.2, 0.25) is 0 Å². The van der Waals surface area contributed by atoms with Crippen LogP contribution in [0.4, 0.5) is 0 Å². The fourth-order valence-corrected chi connectivity index (χ4v) is 2.53. The van der Waals surface area contributed by atoms with Gasteiger partial charge in [0, 0.05) is 25.5 Å². The first-order valence-electron chi connectivity index (χ1n) is 6.54. The fourth-order valence-electron chi connectivity index (χ4n) is 2.53. The Kier molecular flexibility index (Phi) is 4.51. The van der Waals surface area contributed by atoms with Crippen molar-refractivity contribution < 1.29 is 0 Å². The topological polar surface area (TPSA) is 28.2 Å². The largest absolute Gasteiger partial charge is 0.312 e. The van der Waals surface area contributed by atoms with Crippen LogP contribution >= 0.6 is 0 Å². The minimum absolute atomic E-state index is 0.811. The molecule has 3 nitrogen and oxygen atoms in total. The normalized spacial score (nSPS) is 21.6. The van der Waals surface area contributed by atoms with E-state index in [1.54, 1.807) is 0 Å². The van der Waals surface area contributed by atoms with Gasteiger partial charge < -0.3 is 10.2 Å². The maximum absolute atomic E-state index is 4.17. The highest BCUT2D eigenvalue weighted by Gasteiger charge is 2.16. The molecule has 17 heavy (non-hydrogen) atoms. The van der Waals surface area contributed by atoms with Crippen LogP contribution in [-0.2, 0) is 6.54 Å². The second-order valence-corrected chi connectivity index (χ2v) is 5.20. The van der Waals surface area contributed by atoms with Crippen molar-refractivity contribution >= 4 is 0 Å². The Balaban J connectivity index is 1.74. The molecule has 1 aromatic rings. The lowest BCUT2D eigenvalue weighted by atomic mass is 9.98. The predicted molar refractivity (Wildman–Crippen MR) is 70.9 cm³/mol. The lowest BCUT2D eigenvalue weighted by molar-refractivity contribution is 0.206.